The minimum Gasteiger partial charge on any atom is -0.328 e. The van der Waals surface area contributed by atoms with Crippen LogP contribution in [0.4, 0.5) is 5.69 Å². The summed E-state index contributed by atoms with van der Waals surface area (Å²) in [6.07, 6.45) is 1.03. The highest BCUT2D eigenvalue weighted by Crippen LogP contribution is 2.23. The molecule has 0 unspecified atom stereocenters. The van der Waals surface area contributed by atoms with E-state index in [1.807, 2.05) is 30.3 Å². The molecule has 1 heterocycles. The van der Waals surface area contributed by atoms with E-state index in [0.29, 0.717) is 6.54 Å². The van der Waals surface area contributed by atoms with Gasteiger partial charge < -0.3 is 10.6 Å². The van der Waals surface area contributed by atoms with E-state index in [2.05, 4.69) is 59.3 Å². The molecule has 1 amide bonds. The largest absolute Gasteiger partial charge is 0.328 e. The molecule has 0 aliphatic heterocycles. The van der Waals surface area contributed by atoms with Crippen LogP contribution < -0.4 is 10.6 Å². The van der Waals surface area contributed by atoms with Crippen molar-refractivity contribution in [3.8, 4) is 0 Å². The van der Waals surface area contributed by atoms with E-state index >= 15 is 0 Å². The predicted octanol–water partition coefficient (Wildman–Crippen LogP) is 3.60. The van der Waals surface area contributed by atoms with Crippen molar-refractivity contribution in [3.63, 3.8) is 0 Å². The first-order valence-electron chi connectivity index (χ1n) is 8.56. The van der Waals surface area contributed by atoms with Gasteiger partial charge in [0.25, 0.3) is 5.91 Å². The van der Waals surface area contributed by atoms with E-state index < -0.39 is 0 Å². The summed E-state index contributed by atoms with van der Waals surface area (Å²) in [4.78, 5) is 13.5. The number of carbonyl (C=O) groups excluding carboxylic acids is 1. The Kier molecular flexibility index (Phi) is 5.99. The molecule has 0 fully saturated rings. The van der Waals surface area contributed by atoms with Gasteiger partial charge in [-0.15, -0.1) is 11.3 Å². The van der Waals surface area contributed by atoms with Gasteiger partial charge in [0.2, 0.25) is 0 Å². The quantitative estimate of drug-likeness (QED) is 0.671. The van der Waals surface area contributed by atoms with Crippen LogP contribution in [-0.4, -0.2) is 12.5 Å². The zero-order valence-electron chi connectivity index (χ0n) is 14.3. The molecule has 1 atom stereocenters. The van der Waals surface area contributed by atoms with Crippen molar-refractivity contribution in [1.29, 1.82) is 0 Å². The monoisotopic (exact) mass is 351 g/mol. The second-order valence-corrected chi connectivity index (χ2v) is 6.92. The average Bonchev–Trinajstić information content (AvgIpc) is 3.18. The van der Waals surface area contributed by atoms with Gasteiger partial charge in [0.1, 0.15) is 6.04 Å². The number of hydrogen-bond donors (Lipinski definition) is 2. The first-order valence-corrected chi connectivity index (χ1v) is 9.44. The number of rotatable bonds is 7. The molecule has 0 bridgehead atoms. The van der Waals surface area contributed by atoms with Crippen LogP contribution in [-0.2, 0) is 11.2 Å². The number of aryl methyl sites for hydroxylation is 1. The number of nitrogens with two attached hydrogens (primary N) is 1. The number of para-hydroxylation sites is 1. The molecule has 3 rings (SSSR count). The smallest absolute Gasteiger partial charge is 0.279 e. The van der Waals surface area contributed by atoms with Crippen molar-refractivity contribution < 1.29 is 10.1 Å². The van der Waals surface area contributed by atoms with Crippen molar-refractivity contribution in [3.05, 3.63) is 88.1 Å². The number of benzene rings is 2. The van der Waals surface area contributed by atoms with Crippen LogP contribution in [0.25, 0.3) is 0 Å². The van der Waals surface area contributed by atoms with E-state index in [9.17, 15) is 4.79 Å². The van der Waals surface area contributed by atoms with E-state index in [-0.39, 0.29) is 11.9 Å². The lowest BCUT2D eigenvalue weighted by Crippen LogP contribution is -2.87. The van der Waals surface area contributed by atoms with Gasteiger partial charge in [-0.1, -0.05) is 55.5 Å². The van der Waals surface area contributed by atoms with Gasteiger partial charge in [-0.25, -0.2) is 0 Å². The van der Waals surface area contributed by atoms with Crippen molar-refractivity contribution in [2.75, 3.05) is 11.9 Å². The number of carbonyl (C=O) groups is 1. The first-order chi connectivity index (χ1) is 12.3. The lowest BCUT2D eigenvalue weighted by Gasteiger charge is -2.15. The Balaban J connectivity index is 1.69. The number of quaternary nitrogens is 1. The van der Waals surface area contributed by atoms with Crippen molar-refractivity contribution in [2.24, 2.45) is 0 Å². The zero-order valence-corrected chi connectivity index (χ0v) is 15.1. The summed E-state index contributed by atoms with van der Waals surface area (Å²) in [5, 5.41) is 7.13. The summed E-state index contributed by atoms with van der Waals surface area (Å²) in [6.45, 7) is 2.54. The van der Waals surface area contributed by atoms with Crippen LogP contribution in [0.5, 0.6) is 0 Å². The Labute approximate surface area is 152 Å². The van der Waals surface area contributed by atoms with Gasteiger partial charge in [0.15, 0.2) is 6.54 Å². The van der Waals surface area contributed by atoms with Gasteiger partial charge >= 0.3 is 0 Å². The molecule has 3 nitrogen and oxygen atoms in total. The van der Waals surface area contributed by atoms with Gasteiger partial charge in [0.05, 0.1) is 4.88 Å². The Morgan fingerprint density at radius 1 is 1.04 bits per heavy atom. The first kappa shape index (κ1) is 17.4. The lowest BCUT2D eigenvalue weighted by molar-refractivity contribution is -0.675. The molecule has 2 aromatic carbocycles. The maximum Gasteiger partial charge on any atom is 0.279 e. The van der Waals surface area contributed by atoms with Gasteiger partial charge in [-0.05, 0) is 35.6 Å². The fourth-order valence-corrected chi connectivity index (χ4v) is 3.65. The minimum absolute atomic E-state index is 0.0120. The van der Waals surface area contributed by atoms with Gasteiger partial charge in [-0.2, -0.15) is 0 Å². The molecule has 25 heavy (non-hydrogen) atoms. The highest BCUT2D eigenvalue weighted by Gasteiger charge is 2.20. The summed E-state index contributed by atoms with van der Waals surface area (Å²) in [6, 6.07) is 22.6. The maximum absolute atomic E-state index is 12.3. The van der Waals surface area contributed by atoms with Gasteiger partial charge in [-0.3, -0.25) is 4.79 Å². The third-order valence-electron chi connectivity index (χ3n) is 4.19. The van der Waals surface area contributed by atoms with Crippen LogP contribution >= 0.6 is 11.3 Å². The summed E-state index contributed by atoms with van der Waals surface area (Å²) in [5.41, 5.74) is 3.39. The Hall–Kier alpha value is -2.43. The second kappa shape index (κ2) is 8.60. The molecule has 0 spiro atoms. The van der Waals surface area contributed by atoms with E-state index in [0.717, 1.165) is 12.1 Å². The van der Waals surface area contributed by atoms with Crippen LogP contribution in [0.3, 0.4) is 0 Å². The van der Waals surface area contributed by atoms with Crippen LogP contribution in [0.2, 0.25) is 0 Å². The molecule has 3 N–H and O–H groups in total. The zero-order chi connectivity index (χ0) is 17.5. The summed E-state index contributed by atoms with van der Waals surface area (Å²) < 4.78 is 0. The van der Waals surface area contributed by atoms with Gasteiger partial charge in [0, 0.05) is 11.3 Å². The van der Waals surface area contributed by atoms with E-state index in [4.69, 9.17) is 0 Å². The Morgan fingerprint density at radius 3 is 2.44 bits per heavy atom. The van der Waals surface area contributed by atoms with Crippen molar-refractivity contribution in [2.45, 2.75) is 19.4 Å². The second-order valence-electron chi connectivity index (χ2n) is 5.94. The molecule has 3 aromatic rings. The predicted molar refractivity (Wildman–Crippen MR) is 104 cm³/mol. The molecule has 4 heteroatoms. The number of hydrogen-bond acceptors (Lipinski definition) is 2. The van der Waals surface area contributed by atoms with Crippen molar-refractivity contribution >= 4 is 22.9 Å². The molecular formula is C21H23N2OS+. The lowest BCUT2D eigenvalue weighted by atomic mass is 10.0. The molecule has 128 valence electrons. The fourth-order valence-electron chi connectivity index (χ4n) is 2.80. The van der Waals surface area contributed by atoms with Crippen molar-refractivity contribution in [1.82, 2.24) is 0 Å². The van der Waals surface area contributed by atoms with E-state index in [1.165, 1.54) is 16.0 Å². The van der Waals surface area contributed by atoms with Crippen LogP contribution in [0, 0.1) is 0 Å². The van der Waals surface area contributed by atoms with E-state index in [1.54, 1.807) is 11.3 Å². The molecule has 0 aliphatic rings. The molecule has 0 saturated carbocycles. The number of amides is 1. The standard InChI is InChI=1S/C21H22N2OS/c1-2-16-10-12-17(13-11-16)21(19-9-6-14-25-19)22-15-20(24)23-18-7-4-3-5-8-18/h3-14,21-22H,2,15H2,1H3,(H,23,24)/p+1/t21-/m0/s1. The Bertz CT molecular complexity index is 783. The third kappa shape index (κ3) is 4.78. The normalized spacial score (nSPS) is 11.9. The summed E-state index contributed by atoms with van der Waals surface area (Å²) in [5.74, 6) is 0.0120. The molecule has 1 aromatic heterocycles. The summed E-state index contributed by atoms with van der Waals surface area (Å²) >= 11 is 1.73. The number of nitrogens with one attached hydrogen (secondary N) is 1. The highest BCUT2D eigenvalue weighted by molar-refractivity contribution is 7.10. The van der Waals surface area contributed by atoms with Crippen LogP contribution in [0.15, 0.2) is 72.1 Å². The number of anilines is 1. The fraction of sp³-hybridized carbons (Fsp3) is 0.190. The minimum atomic E-state index is 0.0120. The maximum atomic E-state index is 12.3. The Morgan fingerprint density at radius 2 is 1.80 bits per heavy atom. The SMILES string of the molecule is CCc1ccc([C@H]([NH2+]CC(=O)Nc2ccccc2)c2cccs2)cc1. The molecule has 0 aliphatic carbocycles. The summed E-state index contributed by atoms with van der Waals surface area (Å²) in [7, 11) is 0. The topological polar surface area (TPSA) is 45.7 Å². The van der Waals surface area contributed by atoms with Crippen LogP contribution in [0.1, 0.15) is 29.0 Å². The highest BCUT2D eigenvalue weighted by atomic mass is 32.1. The third-order valence-corrected chi connectivity index (χ3v) is 5.15. The molecule has 0 saturated heterocycles. The number of thiophene rings is 1. The molecule has 0 radical (unpaired) electrons. The average molecular weight is 351 g/mol. The molecular weight excluding hydrogens is 328 g/mol.